The lowest BCUT2D eigenvalue weighted by Gasteiger charge is -2.33. The van der Waals surface area contributed by atoms with E-state index in [2.05, 4.69) is 9.97 Å². The maximum absolute atomic E-state index is 13.5. The predicted octanol–water partition coefficient (Wildman–Crippen LogP) is 2.19. The van der Waals surface area contributed by atoms with E-state index in [-0.39, 0.29) is 35.7 Å². The van der Waals surface area contributed by atoms with Crippen molar-refractivity contribution in [2.75, 3.05) is 18.6 Å². The minimum Gasteiger partial charge on any atom is -0.487 e. The number of rotatable bonds is 2. The summed E-state index contributed by atoms with van der Waals surface area (Å²) < 4.78 is 37.2. The van der Waals surface area contributed by atoms with E-state index in [9.17, 15) is 13.6 Å². The van der Waals surface area contributed by atoms with Gasteiger partial charge in [0.05, 0.1) is 24.9 Å². The monoisotopic (exact) mass is 321 g/mol. The van der Waals surface area contributed by atoms with Crippen molar-refractivity contribution in [1.82, 2.24) is 9.97 Å². The maximum atomic E-state index is 13.5. The Morgan fingerprint density at radius 2 is 1.96 bits per heavy atom. The Balaban J connectivity index is 1.99. The third-order valence-electron chi connectivity index (χ3n) is 3.36. The highest BCUT2D eigenvalue weighted by atomic mass is 19.2. The smallest absolute Gasteiger partial charge is 0.316 e. The Kier molecular flexibility index (Phi) is 3.81. The number of aromatic nitrogens is 2. The summed E-state index contributed by atoms with van der Waals surface area (Å²) in [6, 6.07) is 2.01. The molecular weight excluding hydrogens is 308 g/mol. The number of fused-ring (bicyclic) bond motifs is 1. The van der Waals surface area contributed by atoms with Crippen molar-refractivity contribution in [3.05, 3.63) is 41.7 Å². The van der Waals surface area contributed by atoms with Crippen LogP contribution in [-0.4, -0.2) is 35.6 Å². The number of ether oxygens (including phenoxy) is 2. The SMILES string of the molecule is COc1ncc(C(=O)N2CC(C)Oc3cc(F)c(F)cc32)cn1. The van der Waals surface area contributed by atoms with Gasteiger partial charge in [-0.3, -0.25) is 4.79 Å². The molecule has 1 aliphatic rings. The predicted molar refractivity (Wildman–Crippen MR) is 76.7 cm³/mol. The minimum atomic E-state index is -1.05. The van der Waals surface area contributed by atoms with Crippen molar-refractivity contribution in [2.24, 2.45) is 0 Å². The molecule has 0 saturated heterocycles. The van der Waals surface area contributed by atoms with Crippen molar-refractivity contribution < 1.29 is 23.0 Å². The van der Waals surface area contributed by atoms with Crippen LogP contribution in [-0.2, 0) is 0 Å². The van der Waals surface area contributed by atoms with Crippen LogP contribution < -0.4 is 14.4 Å². The lowest BCUT2D eigenvalue weighted by molar-refractivity contribution is 0.0959. The van der Waals surface area contributed by atoms with E-state index in [4.69, 9.17) is 9.47 Å². The summed E-state index contributed by atoms with van der Waals surface area (Å²) in [5, 5.41) is 0. The molecule has 1 aliphatic heterocycles. The second-order valence-corrected chi connectivity index (χ2v) is 5.04. The van der Waals surface area contributed by atoms with Crippen molar-refractivity contribution in [2.45, 2.75) is 13.0 Å². The number of amides is 1. The van der Waals surface area contributed by atoms with Crippen molar-refractivity contribution in [1.29, 1.82) is 0 Å². The Morgan fingerprint density at radius 1 is 1.30 bits per heavy atom. The van der Waals surface area contributed by atoms with Gasteiger partial charge in [0.1, 0.15) is 11.9 Å². The van der Waals surface area contributed by atoms with Crippen LogP contribution >= 0.6 is 0 Å². The summed E-state index contributed by atoms with van der Waals surface area (Å²) in [6.07, 6.45) is 2.26. The van der Waals surface area contributed by atoms with Crippen molar-refractivity contribution in [3.63, 3.8) is 0 Å². The molecule has 0 fully saturated rings. The van der Waals surface area contributed by atoms with Crippen LogP contribution in [0.5, 0.6) is 11.8 Å². The van der Waals surface area contributed by atoms with Gasteiger partial charge in [0.2, 0.25) is 0 Å². The molecule has 1 amide bonds. The first-order chi connectivity index (χ1) is 11.0. The fourth-order valence-corrected chi connectivity index (χ4v) is 2.31. The van der Waals surface area contributed by atoms with Crippen LogP contribution in [0.15, 0.2) is 24.5 Å². The zero-order valence-corrected chi connectivity index (χ0v) is 12.4. The second-order valence-electron chi connectivity index (χ2n) is 5.04. The fraction of sp³-hybridized carbons (Fsp3) is 0.267. The first kappa shape index (κ1) is 15.1. The van der Waals surface area contributed by atoms with Gasteiger partial charge in [0.15, 0.2) is 11.6 Å². The Labute approximate surface area is 130 Å². The van der Waals surface area contributed by atoms with Crippen molar-refractivity contribution >= 4 is 11.6 Å². The first-order valence-electron chi connectivity index (χ1n) is 6.83. The van der Waals surface area contributed by atoms with Crippen LogP contribution in [0.25, 0.3) is 0 Å². The van der Waals surface area contributed by atoms with Gasteiger partial charge in [-0.2, -0.15) is 0 Å². The van der Waals surface area contributed by atoms with Gasteiger partial charge in [0.25, 0.3) is 5.91 Å². The summed E-state index contributed by atoms with van der Waals surface area (Å²) >= 11 is 0. The highest BCUT2D eigenvalue weighted by Gasteiger charge is 2.30. The molecule has 23 heavy (non-hydrogen) atoms. The molecule has 2 aromatic rings. The molecule has 0 bridgehead atoms. The molecule has 1 aromatic carbocycles. The number of anilines is 1. The quantitative estimate of drug-likeness (QED) is 0.848. The van der Waals surface area contributed by atoms with Gasteiger partial charge in [-0.05, 0) is 6.92 Å². The number of benzene rings is 1. The molecule has 6 nitrogen and oxygen atoms in total. The number of hydrogen-bond acceptors (Lipinski definition) is 5. The average Bonchev–Trinajstić information content (AvgIpc) is 2.55. The van der Waals surface area contributed by atoms with Gasteiger partial charge in [0, 0.05) is 24.5 Å². The number of carbonyl (C=O) groups excluding carboxylic acids is 1. The molecular formula is C15H13F2N3O3. The fourth-order valence-electron chi connectivity index (χ4n) is 2.31. The van der Waals surface area contributed by atoms with Gasteiger partial charge in [-0.15, -0.1) is 0 Å². The summed E-state index contributed by atoms with van der Waals surface area (Å²) in [5.41, 5.74) is 0.374. The molecule has 120 valence electrons. The molecule has 8 heteroatoms. The zero-order chi connectivity index (χ0) is 16.6. The zero-order valence-electron chi connectivity index (χ0n) is 12.4. The van der Waals surface area contributed by atoms with E-state index in [1.54, 1.807) is 6.92 Å². The van der Waals surface area contributed by atoms with Crippen molar-refractivity contribution in [3.8, 4) is 11.8 Å². The normalized spacial score (nSPS) is 16.5. The molecule has 1 atom stereocenters. The van der Waals surface area contributed by atoms with E-state index < -0.39 is 17.5 Å². The standard InChI is InChI=1S/C15H13F2N3O3/c1-8-7-20(12-3-10(16)11(17)4-13(12)23-8)14(21)9-5-18-15(22-2)19-6-9/h3-6,8H,7H2,1-2H3. The maximum Gasteiger partial charge on any atom is 0.316 e. The Hall–Kier alpha value is -2.77. The summed E-state index contributed by atoms with van der Waals surface area (Å²) in [4.78, 5) is 21.7. The molecule has 0 radical (unpaired) electrons. The lowest BCUT2D eigenvalue weighted by atomic mass is 10.1. The molecule has 3 rings (SSSR count). The number of halogens is 2. The molecule has 2 heterocycles. The highest BCUT2D eigenvalue weighted by Crippen LogP contribution is 2.36. The van der Waals surface area contributed by atoms with E-state index >= 15 is 0 Å². The van der Waals surface area contributed by atoms with Crippen LogP contribution in [0.4, 0.5) is 14.5 Å². The van der Waals surface area contributed by atoms with Crippen LogP contribution in [0.2, 0.25) is 0 Å². The number of hydrogen-bond donors (Lipinski definition) is 0. The summed E-state index contributed by atoms with van der Waals surface area (Å²) in [6.45, 7) is 1.93. The van der Waals surface area contributed by atoms with Crippen LogP contribution in [0.3, 0.4) is 0 Å². The van der Waals surface area contributed by atoms with Gasteiger partial charge in [-0.25, -0.2) is 18.7 Å². The summed E-state index contributed by atoms with van der Waals surface area (Å²) in [5.74, 6) is -2.40. The Morgan fingerprint density at radius 3 is 2.61 bits per heavy atom. The molecule has 0 N–H and O–H groups in total. The number of methoxy groups -OCH3 is 1. The van der Waals surface area contributed by atoms with E-state index in [1.165, 1.54) is 24.4 Å². The topological polar surface area (TPSA) is 64.5 Å². The third-order valence-corrected chi connectivity index (χ3v) is 3.36. The molecule has 1 aromatic heterocycles. The third kappa shape index (κ3) is 2.79. The molecule has 1 unspecified atom stereocenters. The largest absolute Gasteiger partial charge is 0.487 e. The Bertz CT molecular complexity index is 752. The highest BCUT2D eigenvalue weighted by molar-refractivity contribution is 6.06. The number of carbonyl (C=O) groups is 1. The molecule has 0 saturated carbocycles. The van der Waals surface area contributed by atoms with E-state index in [0.717, 1.165) is 12.1 Å². The van der Waals surface area contributed by atoms with Gasteiger partial charge in [-0.1, -0.05) is 0 Å². The van der Waals surface area contributed by atoms with Crippen LogP contribution in [0.1, 0.15) is 17.3 Å². The van der Waals surface area contributed by atoms with E-state index in [1.807, 2.05) is 0 Å². The van der Waals surface area contributed by atoms with Gasteiger partial charge >= 0.3 is 6.01 Å². The van der Waals surface area contributed by atoms with E-state index in [0.29, 0.717) is 0 Å². The molecule has 0 spiro atoms. The molecule has 0 aliphatic carbocycles. The average molecular weight is 321 g/mol. The second kappa shape index (κ2) is 5.79. The summed E-state index contributed by atoms with van der Waals surface area (Å²) in [7, 11) is 1.41. The van der Waals surface area contributed by atoms with Crippen LogP contribution in [0, 0.1) is 11.6 Å². The lowest BCUT2D eigenvalue weighted by Crippen LogP contribution is -2.42. The number of nitrogens with zero attached hydrogens (tertiary/aromatic N) is 3. The van der Waals surface area contributed by atoms with Gasteiger partial charge < -0.3 is 14.4 Å². The first-order valence-corrected chi connectivity index (χ1v) is 6.83. The minimum absolute atomic E-state index is 0.116.